The predicted octanol–water partition coefficient (Wildman–Crippen LogP) is 4.31. The molecular formula is C27H21NO5. The lowest BCUT2D eigenvalue weighted by atomic mass is 10.1. The van der Waals surface area contributed by atoms with Crippen molar-refractivity contribution in [3.05, 3.63) is 107 Å². The summed E-state index contributed by atoms with van der Waals surface area (Å²) in [6, 6.07) is 20.7. The lowest BCUT2D eigenvalue weighted by Crippen LogP contribution is -2.07. The summed E-state index contributed by atoms with van der Waals surface area (Å²) < 4.78 is 9.39. The summed E-state index contributed by atoms with van der Waals surface area (Å²) in [6.07, 6.45) is 3.05. The molecule has 3 aromatic rings. The summed E-state index contributed by atoms with van der Waals surface area (Å²) in [7, 11) is 2.65. The number of benzene rings is 3. The predicted molar refractivity (Wildman–Crippen MR) is 126 cm³/mol. The molecule has 0 aliphatic carbocycles. The molecule has 0 heterocycles. The highest BCUT2D eigenvalue weighted by atomic mass is 16.5. The Morgan fingerprint density at radius 2 is 1.36 bits per heavy atom. The second kappa shape index (κ2) is 11.1. The lowest BCUT2D eigenvalue weighted by molar-refractivity contribution is -0.111. The van der Waals surface area contributed by atoms with Crippen LogP contribution in [0.4, 0.5) is 5.69 Å². The van der Waals surface area contributed by atoms with Crippen LogP contribution < -0.4 is 5.32 Å². The molecule has 0 aromatic heterocycles. The molecule has 0 aliphatic rings. The fourth-order valence-corrected chi connectivity index (χ4v) is 2.86. The van der Waals surface area contributed by atoms with Crippen LogP contribution in [0.2, 0.25) is 0 Å². The first-order valence-corrected chi connectivity index (χ1v) is 9.96. The third-order valence-electron chi connectivity index (χ3n) is 4.52. The van der Waals surface area contributed by atoms with Gasteiger partial charge in [0.15, 0.2) is 0 Å². The van der Waals surface area contributed by atoms with E-state index in [1.54, 1.807) is 72.8 Å². The molecule has 0 unspecified atom stereocenters. The van der Waals surface area contributed by atoms with Gasteiger partial charge >= 0.3 is 11.9 Å². The van der Waals surface area contributed by atoms with Crippen molar-refractivity contribution in [2.75, 3.05) is 19.5 Å². The Bertz CT molecular complexity index is 1260. The van der Waals surface area contributed by atoms with Gasteiger partial charge in [0.1, 0.15) is 0 Å². The van der Waals surface area contributed by atoms with Crippen molar-refractivity contribution in [3.63, 3.8) is 0 Å². The second-order valence-electron chi connectivity index (χ2n) is 6.84. The minimum atomic E-state index is -0.421. The fraction of sp³-hybridized carbons (Fsp3) is 0.0741. The molecule has 33 heavy (non-hydrogen) atoms. The Labute approximate surface area is 191 Å². The van der Waals surface area contributed by atoms with Crippen molar-refractivity contribution in [1.82, 2.24) is 0 Å². The summed E-state index contributed by atoms with van der Waals surface area (Å²) in [5.74, 6) is 4.90. The Hall–Kier alpha value is -4.63. The average molecular weight is 439 g/mol. The highest BCUT2D eigenvalue weighted by molar-refractivity contribution is 6.02. The van der Waals surface area contributed by atoms with Gasteiger partial charge in [0.05, 0.1) is 25.3 Å². The van der Waals surface area contributed by atoms with Gasteiger partial charge in [0.2, 0.25) is 5.91 Å². The molecule has 6 nitrogen and oxygen atoms in total. The van der Waals surface area contributed by atoms with E-state index in [-0.39, 0.29) is 5.91 Å². The van der Waals surface area contributed by atoms with E-state index in [2.05, 4.69) is 21.9 Å². The monoisotopic (exact) mass is 439 g/mol. The number of hydrogen-bond acceptors (Lipinski definition) is 5. The van der Waals surface area contributed by atoms with Crippen molar-refractivity contribution in [2.45, 2.75) is 0 Å². The van der Waals surface area contributed by atoms with Gasteiger partial charge < -0.3 is 14.8 Å². The van der Waals surface area contributed by atoms with E-state index in [0.29, 0.717) is 27.9 Å². The molecule has 1 amide bonds. The van der Waals surface area contributed by atoms with E-state index < -0.39 is 11.9 Å². The minimum Gasteiger partial charge on any atom is -0.465 e. The van der Waals surface area contributed by atoms with Gasteiger partial charge in [-0.15, -0.1) is 0 Å². The van der Waals surface area contributed by atoms with Gasteiger partial charge in [-0.2, -0.15) is 0 Å². The van der Waals surface area contributed by atoms with Crippen LogP contribution in [0.25, 0.3) is 6.08 Å². The standard InChI is InChI=1S/C27H21NO5/c1-32-26(30)22-14-11-19(12-15-22)13-16-25(29)28-24-8-4-6-21(18-24)10-9-20-5-3-7-23(17-20)27(31)33-2/h3-8,11-18H,1-2H3,(H,28,29)/b16-13+. The van der Waals surface area contributed by atoms with Crippen molar-refractivity contribution in [1.29, 1.82) is 0 Å². The van der Waals surface area contributed by atoms with Crippen LogP contribution in [0.5, 0.6) is 0 Å². The summed E-state index contributed by atoms with van der Waals surface area (Å²) in [5.41, 5.74) is 3.62. The van der Waals surface area contributed by atoms with E-state index in [0.717, 1.165) is 5.56 Å². The SMILES string of the molecule is COC(=O)c1ccc(/C=C/C(=O)Nc2cccc(C#Cc3cccc(C(=O)OC)c3)c2)cc1. The Morgan fingerprint density at radius 1 is 0.758 bits per heavy atom. The Morgan fingerprint density at radius 3 is 2.03 bits per heavy atom. The van der Waals surface area contributed by atoms with Crippen LogP contribution in [-0.2, 0) is 14.3 Å². The van der Waals surface area contributed by atoms with E-state index in [1.807, 2.05) is 6.07 Å². The van der Waals surface area contributed by atoms with Gasteiger partial charge in [0, 0.05) is 22.9 Å². The molecule has 0 aliphatic heterocycles. The van der Waals surface area contributed by atoms with E-state index in [4.69, 9.17) is 4.74 Å². The number of esters is 2. The molecule has 0 bridgehead atoms. The van der Waals surface area contributed by atoms with Gasteiger partial charge in [-0.1, -0.05) is 36.1 Å². The van der Waals surface area contributed by atoms with E-state index in [1.165, 1.54) is 20.3 Å². The maximum Gasteiger partial charge on any atom is 0.337 e. The van der Waals surface area contributed by atoms with Crippen LogP contribution in [0.3, 0.4) is 0 Å². The molecule has 164 valence electrons. The molecule has 6 heteroatoms. The molecule has 0 atom stereocenters. The number of anilines is 1. The lowest BCUT2D eigenvalue weighted by Gasteiger charge is -2.03. The highest BCUT2D eigenvalue weighted by Gasteiger charge is 2.05. The smallest absolute Gasteiger partial charge is 0.337 e. The Balaban J connectivity index is 1.65. The zero-order valence-corrected chi connectivity index (χ0v) is 18.1. The number of nitrogens with one attached hydrogen (secondary N) is 1. The second-order valence-corrected chi connectivity index (χ2v) is 6.84. The largest absolute Gasteiger partial charge is 0.465 e. The minimum absolute atomic E-state index is 0.303. The molecule has 0 saturated carbocycles. The number of rotatable bonds is 5. The topological polar surface area (TPSA) is 81.7 Å². The zero-order chi connectivity index (χ0) is 23.6. The van der Waals surface area contributed by atoms with Crippen LogP contribution >= 0.6 is 0 Å². The summed E-state index contributed by atoms with van der Waals surface area (Å²) in [4.78, 5) is 35.4. The average Bonchev–Trinajstić information content (AvgIpc) is 2.86. The van der Waals surface area contributed by atoms with Crippen molar-refractivity contribution >= 4 is 29.6 Å². The molecule has 0 spiro atoms. The number of ether oxygens (including phenoxy) is 2. The third kappa shape index (κ3) is 6.68. The number of hydrogen-bond donors (Lipinski definition) is 1. The van der Waals surface area contributed by atoms with E-state index >= 15 is 0 Å². The first-order valence-electron chi connectivity index (χ1n) is 9.96. The molecule has 3 rings (SSSR count). The maximum absolute atomic E-state index is 12.3. The summed E-state index contributed by atoms with van der Waals surface area (Å²) in [6.45, 7) is 0. The third-order valence-corrected chi connectivity index (χ3v) is 4.52. The van der Waals surface area contributed by atoms with Crippen LogP contribution in [0.1, 0.15) is 37.4 Å². The summed E-state index contributed by atoms with van der Waals surface area (Å²) in [5, 5.41) is 2.79. The van der Waals surface area contributed by atoms with Crippen molar-refractivity contribution < 1.29 is 23.9 Å². The van der Waals surface area contributed by atoms with E-state index in [9.17, 15) is 14.4 Å². The number of carbonyl (C=O) groups is 3. The highest BCUT2D eigenvalue weighted by Crippen LogP contribution is 2.12. The van der Waals surface area contributed by atoms with Crippen LogP contribution in [0, 0.1) is 11.8 Å². The van der Waals surface area contributed by atoms with Gasteiger partial charge in [0.25, 0.3) is 0 Å². The molecule has 0 fully saturated rings. The van der Waals surface area contributed by atoms with Gasteiger partial charge in [-0.25, -0.2) is 9.59 Å². The molecular weight excluding hydrogens is 418 g/mol. The normalized spacial score (nSPS) is 10.1. The zero-order valence-electron chi connectivity index (χ0n) is 18.1. The van der Waals surface area contributed by atoms with Gasteiger partial charge in [-0.3, -0.25) is 4.79 Å². The van der Waals surface area contributed by atoms with Crippen molar-refractivity contribution in [2.24, 2.45) is 0 Å². The molecule has 0 radical (unpaired) electrons. The number of methoxy groups -OCH3 is 2. The first-order chi connectivity index (χ1) is 16.0. The Kier molecular flexibility index (Phi) is 7.76. The summed E-state index contributed by atoms with van der Waals surface area (Å²) >= 11 is 0. The van der Waals surface area contributed by atoms with Crippen LogP contribution in [0.15, 0.2) is 78.9 Å². The first kappa shape index (κ1) is 23.0. The maximum atomic E-state index is 12.3. The van der Waals surface area contributed by atoms with Crippen molar-refractivity contribution in [3.8, 4) is 11.8 Å². The van der Waals surface area contributed by atoms with Gasteiger partial charge in [-0.05, 0) is 60.2 Å². The number of amides is 1. The fourth-order valence-electron chi connectivity index (χ4n) is 2.86. The molecule has 0 saturated heterocycles. The molecule has 3 aromatic carbocycles. The molecule has 1 N–H and O–H groups in total. The number of carbonyl (C=O) groups excluding carboxylic acids is 3. The van der Waals surface area contributed by atoms with Crippen LogP contribution in [-0.4, -0.2) is 32.1 Å². The quantitative estimate of drug-likeness (QED) is 0.364.